The van der Waals surface area contributed by atoms with Crippen LogP contribution in [0.15, 0.2) is 36.4 Å². The van der Waals surface area contributed by atoms with Crippen LogP contribution in [0.25, 0.3) is 0 Å². The van der Waals surface area contributed by atoms with Gasteiger partial charge in [0.15, 0.2) is 0 Å². The van der Waals surface area contributed by atoms with Crippen molar-refractivity contribution in [2.75, 3.05) is 12.4 Å². The average molecular weight is 288 g/mol. The molecule has 2 aromatic carbocycles. The largest absolute Gasteiger partial charge is 0.492 e. The molecule has 0 bridgehead atoms. The van der Waals surface area contributed by atoms with Crippen molar-refractivity contribution < 1.29 is 9.47 Å². The van der Waals surface area contributed by atoms with E-state index in [1.54, 1.807) is 0 Å². The van der Waals surface area contributed by atoms with Gasteiger partial charge in [0.25, 0.3) is 0 Å². The molecule has 2 aromatic rings. The van der Waals surface area contributed by atoms with Gasteiger partial charge in [-0.25, -0.2) is 0 Å². The van der Waals surface area contributed by atoms with E-state index < -0.39 is 0 Å². The summed E-state index contributed by atoms with van der Waals surface area (Å²) in [7, 11) is 0. The maximum absolute atomic E-state index is 5.88. The summed E-state index contributed by atoms with van der Waals surface area (Å²) in [6, 6.07) is 12.0. The van der Waals surface area contributed by atoms with Crippen molar-refractivity contribution in [3.8, 4) is 17.2 Å². The maximum atomic E-state index is 5.88. The van der Waals surface area contributed by atoms with Crippen LogP contribution in [0, 0.1) is 20.8 Å². The molecule has 0 aliphatic rings. The normalized spacial score (nSPS) is 10.4. The lowest BCUT2D eigenvalue weighted by molar-refractivity contribution is 0.338. The van der Waals surface area contributed by atoms with Gasteiger partial charge in [0.2, 0.25) is 0 Å². The van der Waals surface area contributed by atoms with E-state index in [9.17, 15) is 0 Å². The number of aryl methyl sites for hydroxylation is 3. The Labute approximate surface area is 126 Å². The number of hydrogen-bond donors (Lipinski definition) is 1. The first-order valence-corrected chi connectivity index (χ1v) is 7.33. The Kier molecular flexibility index (Phi) is 4.96. The fourth-order valence-electron chi connectivity index (χ4n) is 2.09. The van der Waals surface area contributed by atoms with E-state index in [1.165, 1.54) is 5.56 Å². The second kappa shape index (κ2) is 6.71. The van der Waals surface area contributed by atoms with Crippen LogP contribution < -0.4 is 9.47 Å². The summed E-state index contributed by atoms with van der Waals surface area (Å²) in [4.78, 5) is 0. The van der Waals surface area contributed by atoms with Crippen molar-refractivity contribution in [2.24, 2.45) is 0 Å². The first-order chi connectivity index (χ1) is 9.60. The SMILES string of the molecule is Cc1ccc(Oc2cc(C)c(OCCS)c(C)c2)cc1. The van der Waals surface area contributed by atoms with E-state index in [1.807, 2.05) is 50.2 Å². The first kappa shape index (κ1) is 14.8. The summed E-state index contributed by atoms with van der Waals surface area (Å²) >= 11 is 4.16. The predicted octanol–water partition coefficient (Wildman–Crippen LogP) is 4.71. The minimum Gasteiger partial charge on any atom is -0.492 e. The Morgan fingerprint density at radius 3 is 2.05 bits per heavy atom. The zero-order valence-corrected chi connectivity index (χ0v) is 13.0. The van der Waals surface area contributed by atoms with Gasteiger partial charge in [-0.15, -0.1) is 0 Å². The van der Waals surface area contributed by atoms with Gasteiger partial charge < -0.3 is 9.47 Å². The third kappa shape index (κ3) is 3.70. The van der Waals surface area contributed by atoms with Gasteiger partial charge in [0.05, 0.1) is 6.61 Å². The number of rotatable bonds is 5. The van der Waals surface area contributed by atoms with Crippen molar-refractivity contribution in [3.63, 3.8) is 0 Å². The molecule has 0 spiro atoms. The van der Waals surface area contributed by atoms with Crippen LogP contribution in [-0.2, 0) is 0 Å². The standard InChI is InChI=1S/C17H20O2S/c1-12-4-6-15(7-5-12)19-16-10-13(2)17(14(3)11-16)18-8-9-20/h4-7,10-11,20H,8-9H2,1-3H3. The Bertz CT molecular complexity index is 553. The average Bonchev–Trinajstić information content (AvgIpc) is 2.41. The number of benzene rings is 2. The van der Waals surface area contributed by atoms with Crippen LogP contribution >= 0.6 is 12.6 Å². The molecule has 0 radical (unpaired) electrons. The zero-order chi connectivity index (χ0) is 14.5. The zero-order valence-electron chi connectivity index (χ0n) is 12.1. The molecular weight excluding hydrogens is 268 g/mol. The van der Waals surface area contributed by atoms with Gasteiger partial charge >= 0.3 is 0 Å². The third-order valence-corrected chi connectivity index (χ3v) is 3.21. The molecular formula is C17H20O2S. The second-order valence-corrected chi connectivity index (χ2v) is 5.32. The molecule has 0 aliphatic heterocycles. The van der Waals surface area contributed by atoms with Crippen LogP contribution in [0.2, 0.25) is 0 Å². The lowest BCUT2D eigenvalue weighted by Crippen LogP contribution is -2.01. The minimum atomic E-state index is 0.614. The van der Waals surface area contributed by atoms with Crippen molar-refractivity contribution in [1.29, 1.82) is 0 Å². The Morgan fingerprint density at radius 2 is 1.50 bits per heavy atom. The highest BCUT2D eigenvalue weighted by molar-refractivity contribution is 7.80. The van der Waals surface area contributed by atoms with Gasteiger partial charge in [0.1, 0.15) is 17.2 Å². The van der Waals surface area contributed by atoms with Crippen LogP contribution in [-0.4, -0.2) is 12.4 Å². The van der Waals surface area contributed by atoms with Crippen molar-refractivity contribution in [3.05, 3.63) is 53.1 Å². The number of hydrogen-bond acceptors (Lipinski definition) is 3. The number of ether oxygens (including phenoxy) is 2. The van der Waals surface area contributed by atoms with Crippen molar-refractivity contribution >= 4 is 12.6 Å². The van der Waals surface area contributed by atoms with E-state index in [4.69, 9.17) is 9.47 Å². The van der Waals surface area contributed by atoms with Crippen LogP contribution in [0.1, 0.15) is 16.7 Å². The molecule has 0 heterocycles. The van der Waals surface area contributed by atoms with Gasteiger partial charge in [0, 0.05) is 5.75 Å². The maximum Gasteiger partial charge on any atom is 0.128 e. The van der Waals surface area contributed by atoms with E-state index >= 15 is 0 Å². The summed E-state index contributed by atoms with van der Waals surface area (Å²) in [6.07, 6.45) is 0. The lowest BCUT2D eigenvalue weighted by atomic mass is 10.1. The topological polar surface area (TPSA) is 18.5 Å². The molecule has 0 saturated heterocycles. The molecule has 0 atom stereocenters. The molecule has 20 heavy (non-hydrogen) atoms. The van der Waals surface area contributed by atoms with E-state index in [0.29, 0.717) is 12.4 Å². The molecule has 0 aliphatic carbocycles. The highest BCUT2D eigenvalue weighted by atomic mass is 32.1. The van der Waals surface area contributed by atoms with Crippen LogP contribution in [0.3, 0.4) is 0 Å². The molecule has 0 saturated carbocycles. The van der Waals surface area contributed by atoms with Crippen LogP contribution in [0.4, 0.5) is 0 Å². The Balaban J connectivity index is 2.19. The van der Waals surface area contributed by atoms with E-state index in [0.717, 1.165) is 28.4 Å². The van der Waals surface area contributed by atoms with Gasteiger partial charge in [-0.3, -0.25) is 0 Å². The molecule has 2 nitrogen and oxygen atoms in total. The molecule has 3 heteroatoms. The third-order valence-electron chi connectivity index (χ3n) is 3.03. The summed E-state index contributed by atoms with van der Waals surface area (Å²) < 4.78 is 11.6. The lowest BCUT2D eigenvalue weighted by Gasteiger charge is -2.14. The predicted molar refractivity (Wildman–Crippen MR) is 86.5 cm³/mol. The van der Waals surface area contributed by atoms with Gasteiger partial charge in [-0.1, -0.05) is 17.7 Å². The van der Waals surface area contributed by atoms with E-state index in [2.05, 4.69) is 19.6 Å². The molecule has 106 valence electrons. The molecule has 0 N–H and O–H groups in total. The Morgan fingerprint density at radius 1 is 0.900 bits per heavy atom. The quantitative estimate of drug-likeness (QED) is 0.803. The van der Waals surface area contributed by atoms with Crippen molar-refractivity contribution in [2.45, 2.75) is 20.8 Å². The smallest absolute Gasteiger partial charge is 0.128 e. The summed E-state index contributed by atoms with van der Waals surface area (Å²) in [5, 5.41) is 0. The number of thiol groups is 1. The van der Waals surface area contributed by atoms with Crippen molar-refractivity contribution in [1.82, 2.24) is 0 Å². The van der Waals surface area contributed by atoms with Gasteiger partial charge in [-0.2, -0.15) is 12.6 Å². The molecule has 2 rings (SSSR count). The molecule has 0 aromatic heterocycles. The van der Waals surface area contributed by atoms with Crippen LogP contribution in [0.5, 0.6) is 17.2 Å². The highest BCUT2D eigenvalue weighted by Crippen LogP contribution is 2.31. The second-order valence-electron chi connectivity index (χ2n) is 4.87. The fourth-order valence-corrected chi connectivity index (χ4v) is 2.18. The first-order valence-electron chi connectivity index (χ1n) is 6.69. The summed E-state index contributed by atoms with van der Waals surface area (Å²) in [5.41, 5.74) is 3.38. The Hall–Kier alpha value is -1.61. The minimum absolute atomic E-state index is 0.614. The fraction of sp³-hybridized carbons (Fsp3) is 0.294. The monoisotopic (exact) mass is 288 g/mol. The summed E-state index contributed by atoms with van der Waals surface area (Å²) in [6.45, 7) is 6.74. The molecule has 0 unspecified atom stereocenters. The molecule has 0 amide bonds. The highest BCUT2D eigenvalue weighted by Gasteiger charge is 2.07. The van der Waals surface area contributed by atoms with Gasteiger partial charge in [-0.05, 0) is 56.2 Å². The summed E-state index contributed by atoms with van der Waals surface area (Å²) in [5.74, 6) is 3.32. The molecule has 0 fully saturated rings. The van der Waals surface area contributed by atoms with E-state index in [-0.39, 0.29) is 0 Å².